The van der Waals surface area contributed by atoms with Gasteiger partial charge in [0, 0.05) is 6.07 Å². The average molecular weight is 605 g/mol. The maximum Gasteiger partial charge on any atom is 0.236 e. The minimum atomic E-state index is -0.236. The molecule has 0 aliphatic rings. The third-order valence-electron chi connectivity index (χ3n) is 6.17. The van der Waals surface area contributed by atoms with E-state index in [9.17, 15) is 9.59 Å². The van der Waals surface area contributed by atoms with E-state index in [-0.39, 0.29) is 30.5 Å². The summed E-state index contributed by atoms with van der Waals surface area (Å²) in [5.41, 5.74) is 2.28. The number of rotatable bonds is 12. The summed E-state index contributed by atoms with van der Waals surface area (Å²) in [5.74, 6) is 1.96. The van der Waals surface area contributed by atoms with Crippen LogP contribution in [-0.2, 0) is 22.6 Å². The van der Waals surface area contributed by atoms with Gasteiger partial charge in [0.05, 0.1) is 56.0 Å². The number of carbonyl (C=O) groups is 2. The summed E-state index contributed by atoms with van der Waals surface area (Å²) in [7, 11) is 4.72. The highest BCUT2D eigenvalue weighted by atomic mass is 32.2. The van der Waals surface area contributed by atoms with Crippen molar-refractivity contribution < 1.29 is 23.8 Å². The zero-order valence-corrected chi connectivity index (χ0v) is 24.8. The Hall–Kier alpha value is -4.62. The van der Waals surface area contributed by atoms with Crippen molar-refractivity contribution in [1.29, 1.82) is 0 Å². The van der Waals surface area contributed by atoms with Crippen molar-refractivity contribution in [3.63, 3.8) is 0 Å². The Bertz CT molecular complexity index is 1670. The number of amides is 2. The molecule has 216 valence electrons. The molecule has 2 aromatic heterocycles. The van der Waals surface area contributed by atoms with E-state index in [1.165, 1.54) is 23.1 Å². The molecule has 0 spiro atoms. The molecule has 0 unspecified atom stereocenters. The lowest BCUT2D eigenvalue weighted by Gasteiger charge is -2.15. The fourth-order valence-corrected chi connectivity index (χ4v) is 5.75. The summed E-state index contributed by atoms with van der Waals surface area (Å²) in [6, 6.07) is 20.3. The maximum atomic E-state index is 12.8. The number of thioether (sulfide) groups is 1. The van der Waals surface area contributed by atoms with E-state index < -0.39 is 0 Å². The van der Waals surface area contributed by atoms with E-state index in [1.54, 1.807) is 44.1 Å². The number of methoxy groups -OCH3 is 3. The van der Waals surface area contributed by atoms with E-state index >= 15 is 0 Å². The minimum absolute atomic E-state index is 0.0597. The highest BCUT2D eigenvalue weighted by Gasteiger charge is 2.20. The Morgan fingerprint density at radius 3 is 2.40 bits per heavy atom. The predicted octanol–water partition coefficient (Wildman–Crippen LogP) is 4.49. The zero-order valence-electron chi connectivity index (χ0n) is 23.1. The lowest BCUT2D eigenvalue weighted by Crippen LogP contribution is -2.26. The summed E-state index contributed by atoms with van der Waals surface area (Å²) in [6.45, 7) is 0.0980. The van der Waals surface area contributed by atoms with Crippen LogP contribution >= 0.6 is 23.1 Å². The van der Waals surface area contributed by atoms with Crippen molar-refractivity contribution in [1.82, 2.24) is 25.1 Å². The number of aromatic nitrogens is 4. The fourth-order valence-electron chi connectivity index (χ4n) is 4.10. The van der Waals surface area contributed by atoms with E-state index in [0.29, 0.717) is 33.3 Å². The smallest absolute Gasteiger partial charge is 0.236 e. The predicted molar refractivity (Wildman–Crippen MR) is 162 cm³/mol. The summed E-state index contributed by atoms with van der Waals surface area (Å²) in [5, 5.41) is 15.4. The lowest BCUT2D eigenvalue weighted by atomic mass is 10.1. The first-order chi connectivity index (χ1) is 20.5. The molecule has 0 aliphatic carbocycles. The number of fused-ring (bicyclic) bond motifs is 1. The summed E-state index contributed by atoms with van der Waals surface area (Å²) < 4.78 is 19.0. The molecule has 0 saturated heterocycles. The van der Waals surface area contributed by atoms with Crippen molar-refractivity contribution in [3.8, 4) is 22.9 Å². The molecular formula is C29H28N6O5S2. The third kappa shape index (κ3) is 6.81. The standard InChI is InChI=1S/C29H28N6O5S2/c1-38-19-10-8-18(9-11-19)14-26(36)30-16-25-33-34-29(35(25)22-15-20(39-2)12-13-23(22)40-3)41-17-27(37)32-28-31-21-6-4-5-7-24(21)42-28/h4-13,15H,14,16-17H2,1-3H3,(H,30,36)(H,31,32,37). The number of ether oxygens (including phenoxy) is 3. The van der Waals surface area contributed by atoms with E-state index in [2.05, 4.69) is 25.8 Å². The van der Waals surface area contributed by atoms with Gasteiger partial charge in [0.2, 0.25) is 11.8 Å². The quantitative estimate of drug-likeness (QED) is 0.198. The molecule has 0 fully saturated rings. The molecule has 2 amide bonds. The van der Waals surface area contributed by atoms with E-state index in [1.807, 2.05) is 48.5 Å². The fraction of sp³-hybridized carbons (Fsp3) is 0.207. The van der Waals surface area contributed by atoms with Crippen LogP contribution in [0.4, 0.5) is 5.13 Å². The van der Waals surface area contributed by atoms with Crippen molar-refractivity contribution in [2.24, 2.45) is 0 Å². The van der Waals surface area contributed by atoms with Gasteiger partial charge in [-0.2, -0.15) is 0 Å². The number of nitrogens with one attached hydrogen (secondary N) is 2. The average Bonchev–Trinajstić information content (AvgIpc) is 3.62. The summed E-state index contributed by atoms with van der Waals surface area (Å²) in [6.07, 6.45) is 0.189. The van der Waals surface area contributed by atoms with Gasteiger partial charge < -0.3 is 24.8 Å². The Morgan fingerprint density at radius 2 is 1.67 bits per heavy atom. The first kappa shape index (κ1) is 28.9. The molecule has 0 aliphatic heterocycles. The largest absolute Gasteiger partial charge is 0.497 e. The molecule has 5 aromatic rings. The Balaban J connectivity index is 1.34. The molecule has 0 atom stereocenters. The lowest BCUT2D eigenvalue weighted by molar-refractivity contribution is -0.120. The second-order valence-electron chi connectivity index (χ2n) is 8.90. The van der Waals surface area contributed by atoms with Crippen LogP contribution in [-0.4, -0.2) is 58.6 Å². The molecule has 42 heavy (non-hydrogen) atoms. The van der Waals surface area contributed by atoms with Gasteiger partial charge in [-0.05, 0) is 42.0 Å². The van der Waals surface area contributed by atoms with Gasteiger partial charge in [-0.1, -0.05) is 47.4 Å². The van der Waals surface area contributed by atoms with Crippen molar-refractivity contribution >= 4 is 50.3 Å². The second-order valence-corrected chi connectivity index (χ2v) is 10.9. The van der Waals surface area contributed by atoms with Crippen molar-refractivity contribution in [3.05, 3.63) is 78.1 Å². The zero-order chi connectivity index (χ0) is 29.5. The van der Waals surface area contributed by atoms with Gasteiger partial charge in [0.25, 0.3) is 0 Å². The molecule has 13 heteroatoms. The number of benzene rings is 3. The highest BCUT2D eigenvalue weighted by molar-refractivity contribution is 7.99. The monoisotopic (exact) mass is 604 g/mol. The van der Waals surface area contributed by atoms with Crippen LogP contribution in [0.5, 0.6) is 17.2 Å². The normalized spacial score (nSPS) is 10.8. The number of nitrogens with zero attached hydrogens (tertiary/aromatic N) is 4. The van der Waals surface area contributed by atoms with Gasteiger partial charge >= 0.3 is 0 Å². The number of para-hydroxylation sites is 1. The van der Waals surface area contributed by atoms with E-state index in [4.69, 9.17) is 14.2 Å². The maximum absolute atomic E-state index is 12.8. The van der Waals surface area contributed by atoms with Gasteiger partial charge in [-0.25, -0.2) is 4.98 Å². The van der Waals surface area contributed by atoms with Crippen LogP contribution in [0.25, 0.3) is 15.9 Å². The molecule has 0 radical (unpaired) electrons. The molecule has 0 saturated carbocycles. The van der Waals surface area contributed by atoms with Crippen LogP contribution in [0.2, 0.25) is 0 Å². The number of carbonyl (C=O) groups excluding carboxylic acids is 2. The van der Waals surface area contributed by atoms with Crippen molar-refractivity contribution in [2.75, 3.05) is 32.4 Å². The molecule has 3 aromatic carbocycles. The molecule has 2 N–H and O–H groups in total. The van der Waals surface area contributed by atoms with Crippen molar-refractivity contribution in [2.45, 2.75) is 18.1 Å². The Kier molecular flexibility index (Phi) is 9.19. The molecular weight excluding hydrogens is 576 g/mol. The first-order valence-corrected chi connectivity index (χ1v) is 14.6. The van der Waals surface area contributed by atoms with Crippen LogP contribution in [0, 0.1) is 0 Å². The topological polar surface area (TPSA) is 129 Å². The Labute approximate surface area is 250 Å². The SMILES string of the molecule is COc1ccc(CC(=O)NCc2nnc(SCC(=O)Nc3nc4ccccc4s3)n2-c2cc(OC)ccc2OC)cc1. The van der Waals surface area contributed by atoms with Gasteiger partial charge in [0.1, 0.15) is 17.2 Å². The summed E-state index contributed by atoms with van der Waals surface area (Å²) in [4.78, 5) is 30.1. The summed E-state index contributed by atoms with van der Waals surface area (Å²) >= 11 is 2.61. The molecule has 11 nitrogen and oxygen atoms in total. The number of thiazole rings is 1. The van der Waals surface area contributed by atoms with Crippen LogP contribution in [0.1, 0.15) is 11.4 Å². The third-order valence-corrected chi connectivity index (χ3v) is 8.05. The number of hydrogen-bond acceptors (Lipinski definition) is 10. The first-order valence-electron chi connectivity index (χ1n) is 12.8. The van der Waals surface area contributed by atoms with Gasteiger partial charge in [-0.15, -0.1) is 10.2 Å². The van der Waals surface area contributed by atoms with Crippen LogP contribution in [0.3, 0.4) is 0 Å². The molecule has 5 rings (SSSR count). The van der Waals surface area contributed by atoms with Gasteiger partial charge in [0.15, 0.2) is 16.1 Å². The van der Waals surface area contributed by atoms with Gasteiger partial charge in [-0.3, -0.25) is 14.2 Å². The highest BCUT2D eigenvalue weighted by Crippen LogP contribution is 2.32. The van der Waals surface area contributed by atoms with E-state index in [0.717, 1.165) is 21.5 Å². The molecule has 2 heterocycles. The second kappa shape index (κ2) is 13.4. The van der Waals surface area contributed by atoms with Crippen LogP contribution in [0.15, 0.2) is 71.9 Å². The molecule has 0 bridgehead atoms. The van der Waals surface area contributed by atoms with Crippen LogP contribution < -0.4 is 24.8 Å². The Morgan fingerprint density at radius 1 is 0.905 bits per heavy atom. The number of anilines is 1. The number of hydrogen-bond donors (Lipinski definition) is 2. The minimum Gasteiger partial charge on any atom is -0.497 e.